The molecule has 3 aromatic heterocycles. The Morgan fingerprint density at radius 3 is 2.68 bits per heavy atom. The predicted octanol–water partition coefficient (Wildman–Crippen LogP) is 2.65. The van der Waals surface area contributed by atoms with Crippen LogP contribution in [0.25, 0.3) is 5.69 Å². The Morgan fingerprint density at radius 1 is 1.21 bits per heavy atom. The van der Waals surface area contributed by atoms with Gasteiger partial charge in [-0.25, -0.2) is 0 Å². The summed E-state index contributed by atoms with van der Waals surface area (Å²) in [6.45, 7) is 0.419. The van der Waals surface area contributed by atoms with Gasteiger partial charge in [0.1, 0.15) is 17.6 Å². The second-order valence-corrected chi connectivity index (χ2v) is 6.48. The lowest BCUT2D eigenvalue weighted by molar-refractivity contribution is 0.0996. The molecular weight excluding hydrogens is 407 g/mol. The second kappa shape index (κ2) is 7.33. The molecule has 0 saturated carbocycles. The normalized spacial score (nSPS) is 10.9. The summed E-state index contributed by atoms with van der Waals surface area (Å²) in [6, 6.07) is 6.70. The number of nitrogens with two attached hydrogens (primary N) is 1. The number of amides is 1. The van der Waals surface area contributed by atoms with E-state index in [2.05, 4.69) is 25.8 Å². The number of halogens is 2. The number of para-hydroxylation sites is 1. The molecule has 0 aliphatic heterocycles. The molecule has 4 rings (SSSR count). The number of nitrogens with one attached hydrogen (secondary N) is 1. The van der Waals surface area contributed by atoms with Gasteiger partial charge in [-0.2, -0.15) is 5.10 Å². The molecular formula is C16H12Cl2N8O2. The third-order valence-corrected chi connectivity index (χ3v) is 4.31. The van der Waals surface area contributed by atoms with Crippen molar-refractivity contribution in [1.82, 2.24) is 29.9 Å². The Kier molecular flexibility index (Phi) is 4.72. The lowest BCUT2D eigenvalue weighted by Gasteiger charge is -2.04. The summed E-state index contributed by atoms with van der Waals surface area (Å²) in [5.74, 6) is -0.614. The number of primary amides is 1. The molecule has 12 heteroatoms. The Morgan fingerprint density at radius 2 is 2.00 bits per heavy atom. The first kappa shape index (κ1) is 18.0. The van der Waals surface area contributed by atoms with Crippen molar-refractivity contribution in [3.8, 4) is 5.69 Å². The Labute approximate surface area is 167 Å². The van der Waals surface area contributed by atoms with Crippen molar-refractivity contribution in [3.05, 3.63) is 64.4 Å². The van der Waals surface area contributed by atoms with Gasteiger partial charge in [-0.3, -0.25) is 9.48 Å². The van der Waals surface area contributed by atoms with Gasteiger partial charge in [-0.1, -0.05) is 34.4 Å². The third-order valence-electron chi connectivity index (χ3n) is 3.70. The largest absolute Gasteiger partial charge is 0.364 e. The van der Waals surface area contributed by atoms with Gasteiger partial charge in [-0.15, -0.1) is 15.0 Å². The number of benzene rings is 1. The van der Waals surface area contributed by atoms with Crippen molar-refractivity contribution in [2.45, 2.75) is 6.54 Å². The molecule has 0 aliphatic carbocycles. The molecule has 0 spiro atoms. The zero-order chi connectivity index (χ0) is 19.7. The molecule has 28 heavy (non-hydrogen) atoms. The molecule has 10 nitrogen and oxygen atoms in total. The Hall–Kier alpha value is -3.37. The average molecular weight is 419 g/mol. The van der Waals surface area contributed by atoms with Gasteiger partial charge in [0.05, 0.1) is 28.5 Å². The zero-order valence-corrected chi connectivity index (χ0v) is 15.6. The molecule has 1 aromatic carbocycles. The molecule has 0 saturated heterocycles. The fourth-order valence-corrected chi connectivity index (χ4v) is 3.02. The maximum Gasteiger partial charge on any atom is 0.273 e. The highest BCUT2D eigenvalue weighted by Crippen LogP contribution is 2.28. The smallest absolute Gasteiger partial charge is 0.273 e. The molecule has 3 N–H and O–H groups in total. The monoisotopic (exact) mass is 418 g/mol. The summed E-state index contributed by atoms with van der Waals surface area (Å²) >= 11 is 12.4. The van der Waals surface area contributed by atoms with Crippen LogP contribution in [-0.2, 0) is 6.54 Å². The minimum Gasteiger partial charge on any atom is -0.364 e. The summed E-state index contributed by atoms with van der Waals surface area (Å²) in [7, 11) is 0. The lowest BCUT2D eigenvalue weighted by atomic mass is 10.3. The minimum absolute atomic E-state index is 0.0692. The first-order chi connectivity index (χ1) is 13.5. The number of rotatable bonds is 6. The number of carbonyl (C=O) groups excluding carboxylic acids is 1. The van der Waals surface area contributed by atoms with Crippen molar-refractivity contribution in [2.24, 2.45) is 5.73 Å². The van der Waals surface area contributed by atoms with Crippen molar-refractivity contribution in [2.75, 3.05) is 5.32 Å². The number of aromatic nitrogens is 6. The van der Waals surface area contributed by atoms with Crippen LogP contribution in [0.1, 0.15) is 16.2 Å². The number of nitrogens with zero attached hydrogens (tertiary/aromatic N) is 6. The van der Waals surface area contributed by atoms with E-state index in [0.29, 0.717) is 33.7 Å². The fourth-order valence-electron chi connectivity index (χ4n) is 2.47. The topological polar surface area (TPSA) is 130 Å². The number of hydrogen-bond acceptors (Lipinski definition) is 7. The van der Waals surface area contributed by atoms with E-state index >= 15 is 0 Å². The van der Waals surface area contributed by atoms with Crippen molar-refractivity contribution < 1.29 is 9.32 Å². The summed E-state index contributed by atoms with van der Waals surface area (Å²) in [5.41, 5.74) is 6.99. The van der Waals surface area contributed by atoms with E-state index in [1.54, 1.807) is 41.3 Å². The molecule has 0 aliphatic rings. The van der Waals surface area contributed by atoms with Gasteiger partial charge >= 0.3 is 0 Å². The molecule has 0 atom stereocenters. The van der Waals surface area contributed by atoms with Gasteiger partial charge in [0.2, 0.25) is 0 Å². The number of anilines is 2. The van der Waals surface area contributed by atoms with Crippen LogP contribution in [0.15, 0.2) is 47.4 Å². The van der Waals surface area contributed by atoms with Crippen molar-refractivity contribution in [3.63, 3.8) is 0 Å². The summed E-state index contributed by atoms with van der Waals surface area (Å²) < 4.78 is 6.43. The van der Waals surface area contributed by atoms with Crippen LogP contribution < -0.4 is 11.1 Å². The Bertz CT molecular complexity index is 1120. The van der Waals surface area contributed by atoms with Gasteiger partial charge in [0, 0.05) is 12.3 Å². The summed E-state index contributed by atoms with van der Waals surface area (Å²) in [6.07, 6.45) is 4.75. The van der Waals surface area contributed by atoms with Crippen molar-refractivity contribution in [1.29, 1.82) is 0 Å². The van der Waals surface area contributed by atoms with E-state index in [1.165, 1.54) is 6.26 Å². The minimum atomic E-state index is -0.757. The summed E-state index contributed by atoms with van der Waals surface area (Å²) in [5, 5.41) is 20.0. The predicted molar refractivity (Wildman–Crippen MR) is 101 cm³/mol. The molecule has 0 radical (unpaired) electrons. The van der Waals surface area contributed by atoms with Gasteiger partial charge in [0.25, 0.3) is 5.91 Å². The lowest BCUT2D eigenvalue weighted by Crippen LogP contribution is -2.14. The number of carbonyl (C=O) groups is 1. The van der Waals surface area contributed by atoms with Crippen LogP contribution in [0.5, 0.6) is 0 Å². The number of hydrogen-bond donors (Lipinski definition) is 2. The first-order valence-electron chi connectivity index (χ1n) is 7.91. The van der Waals surface area contributed by atoms with E-state index in [4.69, 9.17) is 33.5 Å². The van der Waals surface area contributed by atoms with E-state index in [9.17, 15) is 4.79 Å². The Balaban J connectivity index is 1.64. The van der Waals surface area contributed by atoms with Crippen LogP contribution in [0, 0.1) is 0 Å². The maximum atomic E-state index is 11.8. The van der Waals surface area contributed by atoms with E-state index in [0.717, 1.165) is 4.80 Å². The molecule has 4 aromatic rings. The fraction of sp³-hybridized carbons (Fsp3) is 0.0625. The highest BCUT2D eigenvalue weighted by Gasteiger charge is 2.20. The SMILES string of the molecule is NC(=O)c1nn(-c2c(Cl)cccc2Cl)nc1Nc1cnn(Cc2ccon2)c1. The van der Waals surface area contributed by atoms with E-state index < -0.39 is 5.91 Å². The quantitative estimate of drug-likeness (QED) is 0.491. The van der Waals surface area contributed by atoms with Crippen molar-refractivity contribution >= 4 is 40.6 Å². The zero-order valence-electron chi connectivity index (χ0n) is 14.1. The molecule has 3 heterocycles. The van der Waals surface area contributed by atoms with Crippen LogP contribution in [0.2, 0.25) is 10.0 Å². The van der Waals surface area contributed by atoms with E-state index in [-0.39, 0.29) is 11.5 Å². The molecule has 142 valence electrons. The maximum absolute atomic E-state index is 11.8. The average Bonchev–Trinajstić information content (AvgIpc) is 3.38. The molecule has 0 unspecified atom stereocenters. The van der Waals surface area contributed by atoms with E-state index in [1.807, 2.05) is 0 Å². The van der Waals surface area contributed by atoms with Gasteiger partial charge in [-0.05, 0) is 12.1 Å². The molecule has 0 fully saturated rings. The third kappa shape index (κ3) is 3.55. The van der Waals surface area contributed by atoms with Crippen LogP contribution >= 0.6 is 23.2 Å². The second-order valence-electron chi connectivity index (χ2n) is 5.66. The van der Waals surface area contributed by atoms with Crippen LogP contribution in [0.3, 0.4) is 0 Å². The summed E-state index contributed by atoms with van der Waals surface area (Å²) in [4.78, 5) is 13.0. The highest BCUT2D eigenvalue weighted by molar-refractivity contribution is 6.37. The first-order valence-corrected chi connectivity index (χ1v) is 8.67. The molecule has 1 amide bonds. The van der Waals surface area contributed by atoms with Gasteiger partial charge < -0.3 is 15.6 Å². The van der Waals surface area contributed by atoms with Crippen LogP contribution in [-0.4, -0.2) is 35.8 Å². The molecule has 0 bridgehead atoms. The standard InChI is InChI=1S/C16H12Cl2N8O2/c17-11-2-1-3-12(18)14(11)26-22-13(15(19)27)16(23-26)21-10-6-20-25(8-10)7-9-4-5-28-24-9/h1-6,8H,7H2,(H2,19,27)(H,21,23). The van der Waals surface area contributed by atoms with Crippen LogP contribution in [0.4, 0.5) is 11.5 Å². The van der Waals surface area contributed by atoms with Gasteiger partial charge in [0.15, 0.2) is 11.5 Å². The highest BCUT2D eigenvalue weighted by atomic mass is 35.5.